The van der Waals surface area contributed by atoms with Gasteiger partial charge in [0.1, 0.15) is 0 Å². The molecule has 0 aliphatic heterocycles. The zero-order valence-corrected chi connectivity index (χ0v) is 8.28. The highest BCUT2D eigenvalue weighted by Crippen LogP contribution is 2.23. The molecule has 0 heterocycles. The molecule has 0 saturated carbocycles. The van der Waals surface area contributed by atoms with E-state index in [9.17, 15) is 4.79 Å². The van der Waals surface area contributed by atoms with Gasteiger partial charge < -0.3 is 10.8 Å². The summed E-state index contributed by atoms with van der Waals surface area (Å²) in [6.45, 7) is 0. The third kappa shape index (κ3) is 2.09. The standard InChI is InChI=1S/C9H8BrNO2/c10-8-4-2-1-3-6(8)7(5-11)9(12)13/h1-5H,11H2,(H,12,13). The Morgan fingerprint density at radius 2 is 2.08 bits per heavy atom. The Morgan fingerprint density at radius 3 is 2.54 bits per heavy atom. The second-order valence-corrected chi connectivity index (χ2v) is 3.22. The highest BCUT2D eigenvalue weighted by molar-refractivity contribution is 9.10. The number of carbonyl (C=O) groups is 1. The van der Waals surface area contributed by atoms with Gasteiger partial charge >= 0.3 is 5.97 Å². The second-order valence-electron chi connectivity index (χ2n) is 2.37. The van der Waals surface area contributed by atoms with Crippen molar-refractivity contribution in [3.05, 3.63) is 40.5 Å². The van der Waals surface area contributed by atoms with Gasteiger partial charge in [0.05, 0.1) is 5.57 Å². The van der Waals surface area contributed by atoms with E-state index in [-0.39, 0.29) is 5.57 Å². The molecule has 1 aromatic carbocycles. The molecule has 13 heavy (non-hydrogen) atoms. The molecule has 0 aliphatic rings. The first-order valence-electron chi connectivity index (χ1n) is 3.57. The predicted molar refractivity (Wildman–Crippen MR) is 53.9 cm³/mol. The van der Waals surface area contributed by atoms with E-state index >= 15 is 0 Å². The Morgan fingerprint density at radius 1 is 1.46 bits per heavy atom. The summed E-state index contributed by atoms with van der Waals surface area (Å²) in [5.74, 6) is -1.03. The Kier molecular flexibility index (Phi) is 3.08. The van der Waals surface area contributed by atoms with E-state index < -0.39 is 5.97 Å². The van der Waals surface area contributed by atoms with E-state index in [1.54, 1.807) is 18.2 Å². The van der Waals surface area contributed by atoms with Crippen molar-refractivity contribution in [2.24, 2.45) is 5.73 Å². The zero-order valence-electron chi connectivity index (χ0n) is 6.70. The minimum Gasteiger partial charge on any atom is -0.478 e. The van der Waals surface area contributed by atoms with Crippen LogP contribution in [0.25, 0.3) is 5.57 Å². The normalized spacial score (nSPS) is 11.3. The summed E-state index contributed by atoms with van der Waals surface area (Å²) in [4.78, 5) is 10.7. The Bertz CT molecular complexity index is 360. The fraction of sp³-hybridized carbons (Fsp3) is 0. The van der Waals surface area contributed by atoms with Crippen molar-refractivity contribution in [1.82, 2.24) is 0 Å². The molecule has 0 amide bonds. The number of carboxylic acids is 1. The van der Waals surface area contributed by atoms with E-state index in [1.165, 1.54) is 0 Å². The average molecular weight is 242 g/mol. The van der Waals surface area contributed by atoms with Gasteiger partial charge in [-0.25, -0.2) is 4.79 Å². The van der Waals surface area contributed by atoms with E-state index in [1.807, 2.05) is 6.07 Å². The average Bonchev–Trinajstić information content (AvgIpc) is 2.09. The monoisotopic (exact) mass is 241 g/mol. The summed E-state index contributed by atoms with van der Waals surface area (Å²) in [6.07, 6.45) is 1.09. The first kappa shape index (κ1) is 9.80. The van der Waals surface area contributed by atoms with Gasteiger partial charge in [-0.2, -0.15) is 0 Å². The molecule has 0 atom stereocenters. The van der Waals surface area contributed by atoms with Gasteiger partial charge in [-0.1, -0.05) is 34.1 Å². The number of hydrogen-bond acceptors (Lipinski definition) is 2. The van der Waals surface area contributed by atoms with Gasteiger partial charge in [-0.3, -0.25) is 0 Å². The molecule has 68 valence electrons. The fourth-order valence-corrected chi connectivity index (χ4v) is 1.45. The van der Waals surface area contributed by atoms with Crippen molar-refractivity contribution in [1.29, 1.82) is 0 Å². The van der Waals surface area contributed by atoms with Crippen LogP contribution in [0.1, 0.15) is 5.56 Å². The van der Waals surface area contributed by atoms with E-state index in [0.29, 0.717) is 10.0 Å². The highest BCUT2D eigenvalue weighted by atomic mass is 79.9. The van der Waals surface area contributed by atoms with Gasteiger partial charge in [-0.15, -0.1) is 0 Å². The lowest BCUT2D eigenvalue weighted by atomic mass is 10.1. The lowest BCUT2D eigenvalue weighted by Gasteiger charge is -2.03. The Hall–Kier alpha value is -1.29. The molecule has 4 heteroatoms. The van der Waals surface area contributed by atoms with Gasteiger partial charge in [0.15, 0.2) is 0 Å². The van der Waals surface area contributed by atoms with Crippen LogP contribution >= 0.6 is 15.9 Å². The number of nitrogens with two attached hydrogens (primary N) is 1. The van der Waals surface area contributed by atoms with Crippen LogP contribution in [0.4, 0.5) is 0 Å². The van der Waals surface area contributed by atoms with Gasteiger partial charge in [0.25, 0.3) is 0 Å². The zero-order chi connectivity index (χ0) is 9.84. The van der Waals surface area contributed by atoms with Crippen LogP contribution in [0.3, 0.4) is 0 Å². The number of benzene rings is 1. The van der Waals surface area contributed by atoms with Crippen molar-refractivity contribution in [2.75, 3.05) is 0 Å². The van der Waals surface area contributed by atoms with Crippen molar-refractivity contribution in [2.45, 2.75) is 0 Å². The van der Waals surface area contributed by atoms with E-state index in [4.69, 9.17) is 10.8 Å². The lowest BCUT2D eigenvalue weighted by Crippen LogP contribution is -2.02. The molecule has 1 aromatic rings. The minimum absolute atomic E-state index is 0.0903. The molecular weight excluding hydrogens is 234 g/mol. The largest absolute Gasteiger partial charge is 0.478 e. The molecule has 0 saturated heterocycles. The molecule has 0 bridgehead atoms. The van der Waals surface area contributed by atoms with E-state index in [0.717, 1.165) is 6.20 Å². The Balaban J connectivity index is 3.21. The molecule has 0 aliphatic carbocycles. The topological polar surface area (TPSA) is 63.3 Å². The van der Waals surface area contributed by atoms with E-state index in [2.05, 4.69) is 15.9 Å². The summed E-state index contributed by atoms with van der Waals surface area (Å²) in [5.41, 5.74) is 5.88. The number of carboxylic acid groups (broad SMARTS) is 1. The number of hydrogen-bond donors (Lipinski definition) is 2. The van der Waals surface area contributed by atoms with Gasteiger partial charge in [0, 0.05) is 16.2 Å². The molecule has 0 aromatic heterocycles. The predicted octanol–water partition coefficient (Wildman–Crippen LogP) is 1.83. The molecular formula is C9H8BrNO2. The Labute approximate surface area is 84.0 Å². The van der Waals surface area contributed by atoms with Crippen molar-refractivity contribution in [3.63, 3.8) is 0 Å². The second kappa shape index (κ2) is 4.09. The van der Waals surface area contributed by atoms with Crippen LogP contribution in [-0.2, 0) is 4.79 Å². The highest BCUT2D eigenvalue weighted by Gasteiger charge is 2.11. The third-order valence-electron chi connectivity index (χ3n) is 1.56. The summed E-state index contributed by atoms with van der Waals surface area (Å²) in [5, 5.41) is 8.78. The molecule has 0 spiro atoms. The van der Waals surface area contributed by atoms with Crippen LogP contribution in [0, 0.1) is 0 Å². The molecule has 3 N–H and O–H groups in total. The van der Waals surface area contributed by atoms with Crippen LogP contribution in [0.15, 0.2) is 34.9 Å². The summed E-state index contributed by atoms with van der Waals surface area (Å²) in [7, 11) is 0. The van der Waals surface area contributed by atoms with Crippen LogP contribution in [0.5, 0.6) is 0 Å². The molecule has 0 fully saturated rings. The maximum atomic E-state index is 10.7. The van der Waals surface area contributed by atoms with Crippen molar-refractivity contribution in [3.8, 4) is 0 Å². The van der Waals surface area contributed by atoms with Crippen LogP contribution in [0.2, 0.25) is 0 Å². The maximum absolute atomic E-state index is 10.7. The third-order valence-corrected chi connectivity index (χ3v) is 2.25. The molecule has 0 unspecified atom stereocenters. The quantitative estimate of drug-likeness (QED) is 0.777. The smallest absolute Gasteiger partial charge is 0.337 e. The number of aliphatic carboxylic acids is 1. The number of halogens is 1. The van der Waals surface area contributed by atoms with Crippen LogP contribution < -0.4 is 5.73 Å². The summed E-state index contributed by atoms with van der Waals surface area (Å²) >= 11 is 3.25. The minimum atomic E-state index is -1.03. The molecule has 3 nitrogen and oxygen atoms in total. The van der Waals surface area contributed by atoms with Crippen LogP contribution in [-0.4, -0.2) is 11.1 Å². The lowest BCUT2D eigenvalue weighted by molar-refractivity contribution is -0.130. The van der Waals surface area contributed by atoms with Gasteiger partial charge in [-0.05, 0) is 6.07 Å². The first-order chi connectivity index (χ1) is 6.16. The fourth-order valence-electron chi connectivity index (χ4n) is 0.956. The molecule has 0 radical (unpaired) electrons. The summed E-state index contributed by atoms with van der Waals surface area (Å²) in [6, 6.07) is 7.02. The van der Waals surface area contributed by atoms with Crippen molar-refractivity contribution < 1.29 is 9.90 Å². The first-order valence-corrected chi connectivity index (χ1v) is 4.36. The van der Waals surface area contributed by atoms with Crippen molar-refractivity contribution >= 4 is 27.5 Å². The maximum Gasteiger partial charge on any atom is 0.337 e. The molecule has 1 rings (SSSR count). The van der Waals surface area contributed by atoms with Gasteiger partial charge in [0.2, 0.25) is 0 Å². The number of rotatable bonds is 2. The summed E-state index contributed by atoms with van der Waals surface area (Å²) < 4.78 is 0.717. The SMILES string of the molecule is NC=C(C(=O)O)c1ccccc1Br.